The van der Waals surface area contributed by atoms with Crippen molar-refractivity contribution in [3.63, 3.8) is 0 Å². The number of carbonyl (C=O) groups is 1. The van der Waals surface area contributed by atoms with Gasteiger partial charge in [0, 0.05) is 12.8 Å². The topological polar surface area (TPSA) is 26.3 Å². The van der Waals surface area contributed by atoms with Gasteiger partial charge in [-0.15, -0.1) is 0 Å². The van der Waals surface area contributed by atoms with Gasteiger partial charge in [-0.05, 0) is 6.42 Å². The molecule has 5 heteroatoms. The highest BCUT2D eigenvalue weighted by atomic mass is 35.5. The highest BCUT2D eigenvalue weighted by Gasteiger charge is 2.43. The number of hydrogen-bond donors (Lipinski definition) is 0. The normalized spacial score (nSPS) is 26.3. The summed E-state index contributed by atoms with van der Waals surface area (Å²) in [5.41, 5.74) is 0. The third-order valence-electron chi connectivity index (χ3n) is 1.56. The van der Waals surface area contributed by atoms with Crippen LogP contribution in [-0.2, 0) is 9.53 Å². The van der Waals surface area contributed by atoms with E-state index in [0.29, 0.717) is 11.5 Å². The molecule has 1 saturated carbocycles. The third-order valence-corrected chi connectivity index (χ3v) is 2.63. The molecule has 0 spiro atoms. The maximum Gasteiger partial charge on any atom is 0.302 e. The molecule has 12 heavy (non-hydrogen) atoms. The van der Waals surface area contributed by atoms with E-state index in [-0.39, 0.29) is 22.5 Å². The zero-order valence-corrected chi connectivity index (χ0v) is 8.58. The van der Waals surface area contributed by atoms with Crippen molar-refractivity contribution in [1.82, 2.24) is 0 Å². The van der Waals surface area contributed by atoms with Crippen LogP contribution in [0, 0.1) is 5.92 Å². The Hall–Kier alpha value is 0.0800. The van der Waals surface area contributed by atoms with Gasteiger partial charge in [-0.3, -0.25) is 4.79 Å². The van der Waals surface area contributed by atoms with E-state index >= 15 is 0 Å². The highest BCUT2D eigenvalue weighted by Crippen LogP contribution is 2.44. The van der Waals surface area contributed by atoms with Gasteiger partial charge in [-0.1, -0.05) is 34.8 Å². The Morgan fingerprint density at radius 2 is 2.00 bits per heavy atom. The Morgan fingerprint density at radius 3 is 2.42 bits per heavy atom. The molecule has 0 aliphatic heterocycles. The van der Waals surface area contributed by atoms with Crippen LogP contribution in [0.15, 0.2) is 9.52 Å². The lowest BCUT2D eigenvalue weighted by molar-refractivity contribution is -0.142. The number of halogens is 3. The van der Waals surface area contributed by atoms with Crippen LogP contribution in [-0.4, -0.2) is 12.1 Å². The SMILES string of the molecule is CC(=O)O[C@H]1C[C@@H]1C(Cl)=C(Cl)Cl. The quantitative estimate of drug-likeness (QED) is 0.681. The largest absolute Gasteiger partial charge is 0.462 e. The van der Waals surface area contributed by atoms with Crippen molar-refractivity contribution in [3.05, 3.63) is 9.52 Å². The summed E-state index contributed by atoms with van der Waals surface area (Å²) < 4.78 is 4.92. The first-order valence-corrected chi connectivity index (χ1v) is 4.53. The van der Waals surface area contributed by atoms with Crippen molar-refractivity contribution in [2.75, 3.05) is 0 Å². The Kier molecular flexibility index (Phi) is 3.27. The van der Waals surface area contributed by atoms with E-state index in [1.54, 1.807) is 0 Å². The summed E-state index contributed by atoms with van der Waals surface area (Å²) in [6.07, 6.45) is 0.573. The van der Waals surface area contributed by atoms with Gasteiger partial charge >= 0.3 is 5.97 Å². The smallest absolute Gasteiger partial charge is 0.302 e. The summed E-state index contributed by atoms with van der Waals surface area (Å²) in [5.74, 6) is -0.307. The second kappa shape index (κ2) is 3.86. The Labute approximate surface area is 85.4 Å². The van der Waals surface area contributed by atoms with Gasteiger partial charge in [0.05, 0.1) is 5.03 Å². The van der Waals surface area contributed by atoms with Crippen LogP contribution in [0.25, 0.3) is 0 Å². The Bertz CT molecular complexity index is 233. The molecule has 0 aromatic rings. The zero-order valence-electron chi connectivity index (χ0n) is 6.31. The molecular weight excluding hydrogens is 222 g/mol. The van der Waals surface area contributed by atoms with Crippen LogP contribution in [0.2, 0.25) is 0 Å². The average molecular weight is 229 g/mol. The first-order chi connectivity index (χ1) is 5.52. The molecule has 0 amide bonds. The van der Waals surface area contributed by atoms with Crippen molar-refractivity contribution < 1.29 is 9.53 Å². The first-order valence-electron chi connectivity index (χ1n) is 3.40. The number of hydrogen-bond acceptors (Lipinski definition) is 2. The standard InChI is InChI=1S/C7H7Cl3O2/c1-3(11)12-5-2-4(5)6(8)7(9)10/h4-5H,2H2,1H3/t4-,5-/m0/s1. The van der Waals surface area contributed by atoms with Gasteiger partial charge in [-0.25, -0.2) is 0 Å². The summed E-state index contributed by atoms with van der Waals surface area (Å²) in [6.45, 7) is 1.36. The third kappa shape index (κ3) is 2.54. The summed E-state index contributed by atoms with van der Waals surface area (Å²) >= 11 is 16.6. The van der Waals surface area contributed by atoms with Gasteiger partial charge in [-0.2, -0.15) is 0 Å². The minimum atomic E-state index is -0.308. The highest BCUT2D eigenvalue weighted by molar-refractivity contribution is 6.59. The molecule has 2 nitrogen and oxygen atoms in total. The van der Waals surface area contributed by atoms with Gasteiger partial charge < -0.3 is 4.74 Å². The van der Waals surface area contributed by atoms with Gasteiger partial charge in [0.2, 0.25) is 0 Å². The van der Waals surface area contributed by atoms with E-state index in [1.807, 2.05) is 0 Å². The van der Waals surface area contributed by atoms with Crippen molar-refractivity contribution in [1.29, 1.82) is 0 Å². The summed E-state index contributed by atoms with van der Waals surface area (Å²) in [4.78, 5) is 10.5. The van der Waals surface area contributed by atoms with E-state index in [4.69, 9.17) is 39.5 Å². The molecule has 1 rings (SSSR count). The maximum atomic E-state index is 10.5. The predicted octanol–water partition coefficient (Wildman–Crippen LogP) is 2.82. The molecule has 0 N–H and O–H groups in total. The Morgan fingerprint density at radius 1 is 1.42 bits per heavy atom. The minimum Gasteiger partial charge on any atom is -0.462 e. The van der Waals surface area contributed by atoms with Crippen LogP contribution in [0.1, 0.15) is 13.3 Å². The van der Waals surface area contributed by atoms with Gasteiger partial charge in [0.1, 0.15) is 10.6 Å². The molecule has 1 fully saturated rings. The van der Waals surface area contributed by atoms with Crippen molar-refractivity contribution in [2.45, 2.75) is 19.4 Å². The molecule has 1 aliphatic rings. The van der Waals surface area contributed by atoms with Gasteiger partial charge in [0.15, 0.2) is 0 Å². The lowest BCUT2D eigenvalue weighted by Gasteiger charge is -1.99. The molecule has 1 aliphatic carbocycles. The zero-order chi connectivity index (χ0) is 9.30. The van der Waals surface area contributed by atoms with Crippen LogP contribution in [0.4, 0.5) is 0 Å². The molecule has 0 radical (unpaired) electrons. The Balaban J connectivity index is 2.43. The predicted molar refractivity (Wildman–Crippen MR) is 48.2 cm³/mol. The first kappa shape index (κ1) is 10.2. The maximum absolute atomic E-state index is 10.5. The second-order valence-corrected chi connectivity index (χ2v) is 3.96. The molecule has 0 saturated heterocycles. The van der Waals surface area contributed by atoms with E-state index in [9.17, 15) is 4.79 Å². The molecule has 68 valence electrons. The van der Waals surface area contributed by atoms with Crippen LogP contribution >= 0.6 is 34.8 Å². The van der Waals surface area contributed by atoms with E-state index < -0.39 is 0 Å². The number of rotatable bonds is 2. The fourth-order valence-corrected chi connectivity index (χ4v) is 1.43. The van der Waals surface area contributed by atoms with E-state index in [1.165, 1.54) is 6.92 Å². The molecule has 0 bridgehead atoms. The molecule has 0 heterocycles. The summed E-state index contributed by atoms with van der Waals surface area (Å²) in [7, 11) is 0. The van der Waals surface area contributed by atoms with Crippen LogP contribution in [0.3, 0.4) is 0 Å². The minimum absolute atomic E-state index is 0.000525. The molecular formula is C7H7Cl3O2. The molecule has 0 aromatic heterocycles. The fraction of sp³-hybridized carbons (Fsp3) is 0.571. The summed E-state index contributed by atoms with van der Waals surface area (Å²) in [5, 5.41) is 0.379. The van der Waals surface area contributed by atoms with Gasteiger partial charge in [0.25, 0.3) is 0 Å². The summed E-state index contributed by atoms with van der Waals surface area (Å²) in [6, 6.07) is 0. The number of ether oxygens (including phenoxy) is 1. The number of esters is 1. The lowest BCUT2D eigenvalue weighted by atomic mass is 10.4. The second-order valence-electron chi connectivity index (χ2n) is 2.60. The van der Waals surface area contributed by atoms with E-state index in [2.05, 4.69) is 0 Å². The van der Waals surface area contributed by atoms with Crippen molar-refractivity contribution in [2.24, 2.45) is 5.92 Å². The fourth-order valence-electron chi connectivity index (χ4n) is 0.922. The number of carbonyl (C=O) groups excluding carboxylic acids is 1. The van der Waals surface area contributed by atoms with Crippen molar-refractivity contribution >= 4 is 40.8 Å². The monoisotopic (exact) mass is 228 g/mol. The average Bonchev–Trinajstić information content (AvgIpc) is 2.64. The van der Waals surface area contributed by atoms with Crippen molar-refractivity contribution in [3.8, 4) is 0 Å². The molecule has 2 atom stereocenters. The van der Waals surface area contributed by atoms with Crippen LogP contribution < -0.4 is 0 Å². The van der Waals surface area contributed by atoms with Crippen LogP contribution in [0.5, 0.6) is 0 Å². The lowest BCUT2D eigenvalue weighted by Crippen LogP contribution is -2.02. The molecule has 0 unspecified atom stereocenters. The van der Waals surface area contributed by atoms with E-state index in [0.717, 1.165) is 0 Å². The molecule has 0 aromatic carbocycles.